The highest BCUT2D eigenvalue weighted by molar-refractivity contribution is 7.10. The van der Waals surface area contributed by atoms with Crippen molar-refractivity contribution in [3.05, 3.63) is 51.7 Å². The van der Waals surface area contributed by atoms with Crippen LogP contribution in [0.15, 0.2) is 35.7 Å². The normalized spacial score (nSPS) is 18.1. The molecule has 1 aromatic carbocycles. The molecule has 0 amide bonds. The second-order valence-electron chi connectivity index (χ2n) is 5.35. The Morgan fingerprint density at radius 1 is 1.21 bits per heavy atom. The summed E-state index contributed by atoms with van der Waals surface area (Å²) in [4.78, 5) is 1.00. The molecule has 2 aromatic rings. The summed E-state index contributed by atoms with van der Waals surface area (Å²) in [5.74, 6) is 0.893. The molecule has 1 saturated carbocycles. The van der Waals surface area contributed by atoms with Crippen LogP contribution in [0.3, 0.4) is 0 Å². The Balaban J connectivity index is 1.86. The number of thiophene rings is 1. The summed E-state index contributed by atoms with van der Waals surface area (Å²) in [6.07, 6.45) is 2.73. The van der Waals surface area contributed by atoms with Gasteiger partial charge in [0.25, 0.3) is 0 Å². The van der Waals surface area contributed by atoms with Crippen molar-refractivity contribution in [2.75, 3.05) is 0 Å². The molecule has 0 saturated heterocycles. The minimum atomic E-state index is -0.934. The number of aryl methyl sites for hydroxylation is 1. The third-order valence-corrected chi connectivity index (χ3v) is 4.78. The van der Waals surface area contributed by atoms with Gasteiger partial charge in [-0.25, -0.2) is 0 Å². The van der Waals surface area contributed by atoms with Crippen molar-refractivity contribution in [2.24, 2.45) is 0 Å². The van der Waals surface area contributed by atoms with Gasteiger partial charge in [-0.15, -0.1) is 11.3 Å². The quantitative estimate of drug-likeness (QED) is 0.917. The van der Waals surface area contributed by atoms with Crippen LogP contribution < -0.4 is 4.74 Å². The van der Waals surface area contributed by atoms with E-state index in [9.17, 15) is 5.11 Å². The number of hydrogen-bond acceptors (Lipinski definition) is 3. The lowest BCUT2D eigenvalue weighted by Gasteiger charge is -2.24. The van der Waals surface area contributed by atoms with E-state index in [1.54, 1.807) is 11.3 Å². The summed E-state index contributed by atoms with van der Waals surface area (Å²) < 4.78 is 5.73. The second-order valence-corrected chi connectivity index (χ2v) is 6.26. The minimum absolute atomic E-state index is 0.408. The van der Waals surface area contributed by atoms with Gasteiger partial charge >= 0.3 is 0 Å². The molecule has 1 aliphatic rings. The fourth-order valence-electron chi connectivity index (χ4n) is 2.24. The predicted molar refractivity (Wildman–Crippen MR) is 77.8 cm³/mol. The molecule has 3 rings (SSSR count). The average molecular weight is 274 g/mol. The monoisotopic (exact) mass is 274 g/mol. The summed E-state index contributed by atoms with van der Waals surface area (Å²) in [6.45, 7) is 3.88. The lowest BCUT2D eigenvalue weighted by molar-refractivity contribution is 0.105. The second kappa shape index (κ2) is 4.66. The average Bonchev–Trinajstić information content (AvgIpc) is 3.08. The van der Waals surface area contributed by atoms with Crippen molar-refractivity contribution in [2.45, 2.75) is 38.4 Å². The number of ether oxygens (including phenoxy) is 1. The van der Waals surface area contributed by atoms with Gasteiger partial charge in [-0.1, -0.05) is 12.1 Å². The predicted octanol–water partition coefficient (Wildman–Crippen LogP) is 3.85. The van der Waals surface area contributed by atoms with Crippen molar-refractivity contribution in [3.8, 4) is 5.75 Å². The molecule has 0 bridgehead atoms. The maximum absolute atomic E-state index is 10.8. The summed E-state index contributed by atoms with van der Waals surface area (Å²) in [6, 6.07) is 9.85. The molecule has 0 radical (unpaired) electrons. The fourth-order valence-corrected chi connectivity index (χ4v) is 3.25. The molecule has 1 fully saturated rings. The van der Waals surface area contributed by atoms with Gasteiger partial charge < -0.3 is 9.84 Å². The van der Waals surface area contributed by atoms with Crippen molar-refractivity contribution < 1.29 is 9.84 Å². The Bertz CT molecular complexity index is 565. The Labute approximate surface area is 117 Å². The summed E-state index contributed by atoms with van der Waals surface area (Å²) in [7, 11) is 0. The van der Waals surface area contributed by atoms with E-state index < -0.39 is 5.60 Å². The van der Waals surface area contributed by atoms with E-state index in [-0.39, 0.29) is 0 Å². The Kier molecular flexibility index (Phi) is 3.11. The first-order valence-corrected chi connectivity index (χ1v) is 7.49. The van der Waals surface area contributed by atoms with Crippen LogP contribution in [0.4, 0.5) is 0 Å². The molecular formula is C16H18O2S. The Morgan fingerprint density at radius 2 is 1.89 bits per heavy atom. The maximum atomic E-state index is 10.8. The molecule has 0 spiro atoms. The molecule has 1 atom stereocenters. The summed E-state index contributed by atoms with van der Waals surface area (Å²) >= 11 is 1.59. The Morgan fingerprint density at radius 3 is 2.42 bits per heavy atom. The first kappa shape index (κ1) is 12.7. The molecule has 3 heteroatoms. The molecule has 1 aliphatic carbocycles. The van der Waals surface area contributed by atoms with Crippen LogP contribution in [0.2, 0.25) is 0 Å². The third kappa shape index (κ3) is 2.53. The molecule has 0 aliphatic heterocycles. The van der Waals surface area contributed by atoms with Crippen LogP contribution in [0.25, 0.3) is 0 Å². The first-order chi connectivity index (χ1) is 9.07. The lowest BCUT2D eigenvalue weighted by Crippen LogP contribution is -2.22. The van der Waals surface area contributed by atoms with Gasteiger partial charge in [0.2, 0.25) is 0 Å². The number of rotatable bonds is 4. The zero-order valence-corrected chi connectivity index (χ0v) is 12.0. The van der Waals surface area contributed by atoms with E-state index in [1.165, 1.54) is 0 Å². The number of aliphatic hydroxyl groups is 1. The van der Waals surface area contributed by atoms with Gasteiger partial charge in [0.15, 0.2) is 0 Å². The van der Waals surface area contributed by atoms with E-state index >= 15 is 0 Å². The van der Waals surface area contributed by atoms with Crippen LogP contribution >= 0.6 is 11.3 Å². The highest BCUT2D eigenvalue weighted by atomic mass is 32.1. The molecule has 1 N–H and O–H groups in total. The zero-order chi connectivity index (χ0) is 13.5. The topological polar surface area (TPSA) is 29.5 Å². The van der Waals surface area contributed by atoms with Gasteiger partial charge in [0.05, 0.1) is 6.10 Å². The van der Waals surface area contributed by atoms with Crippen molar-refractivity contribution in [1.29, 1.82) is 0 Å². The van der Waals surface area contributed by atoms with Gasteiger partial charge in [0, 0.05) is 4.88 Å². The molecule has 100 valence electrons. The molecule has 1 heterocycles. The van der Waals surface area contributed by atoms with Crippen molar-refractivity contribution in [3.63, 3.8) is 0 Å². The van der Waals surface area contributed by atoms with E-state index in [0.29, 0.717) is 6.10 Å². The van der Waals surface area contributed by atoms with Crippen LogP contribution in [-0.4, -0.2) is 11.2 Å². The van der Waals surface area contributed by atoms with Crippen LogP contribution in [0, 0.1) is 6.92 Å². The van der Waals surface area contributed by atoms with Crippen molar-refractivity contribution >= 4 is 11.3 Å². The van der Waals surface area contributed by atoms with Gasteiger partial charge in [-0.05, 0) is 61.4 Å². The van der Waals surface area contributed by atoms with Crippen molar-refractivity contribution in [1.82, 2.24) is 0 Å². The maximum Gasteiger partial charge on any atom is 0.121 e. The first-order valence-electron chi connectivity index (χ1n) is 6.61. The highest BCUT2D eigenvalue weighted by Crippen LogP contribution is 2.36. The fraction of sp³-hybridized carbons (Fsp3) is 0.375. The van der Waals surface area contributed by atoms with Crippen LogP contribution in [0.5, 0.6) is 5.75 Å². The van der Waals surface area contributed by atoms with E-state index in [1.807, 2.05) is 49.6 Å². The lowest BCUT2D eigenvalue weighted by atomic mass is 9.92. The zero-order valence-electron chi connectivity index (χ0n) is 11.2. The number of hydrogen-bond donors (Lipinski definition) is 1. The Hall–Kier alpha value is -1.32. The minimum Gasteiger partial charge on any atom is -0.490 e. The highest BCUT2D eigenvalue weighted by Gasteiger charge is 2.29. The standard InChI is InChI=1S/C16H18O2S/c1-11-9-10-19-15(11)16(2,17)12-3-5-13(6-4-12)18-14-7-8-14/h3-6,9-10,14,17H,7-8H2,1-2H3. The third-order valence-electron chi connectivity index (χ3n) is 3.55. The summed E-state index contributed by atoms with van der Waals surface area (Å²) in [5, 5.41) is 12.8. The SMILES string of the molecule is Cc1ccsc1C(C)(O)c1ccc(OC2CC2)cc1. The summed E-state index contributed by atoms with van der Waals surface area (Å²) in [5.41, 5.74) is 1.10. The van der Waals surface area contributed by atoms with E-state index in [4.69, 9.17) is 4.74 Å². The van der Waals surface area contributed by atoms with Gasteiger partial charge in [-0.3, -0.25) is 0 Å². The molecular weight excluding hydrogens is 256 g/mol. The number of benzene rings is 1. The molecule has 19 heavy (non-hydrogen) atoms. The smallest absolute Gasteiger partial charge is 0.121 e. The van der Waals surface area contributed by atoms with Crippen LogP contribution in [-0.2, 0) is 5.60 Å². The molecule has 1 unspecified atom stereocenters. The van der Waals surface area contributed by atoms with E-state index in [2.05, 4.69) is 0 Å². The van der Waals surface area contributed by atoms with Gasteiger partial charge in [0.1, 0.15) is 11.4 Å². The van der Waals surface area contributed by atoms with Gasteiger partial charge in [-0.2, -0.15) is 0 Å². The van der Waals surface area contributed by atoms with E-state index in [0.717, 1.165) is 34.6 Å². The van der Waals surface area contributed by atoms with Crippen LogP contribution in [0.1, 0.15) is 35.8 Å². The molecule has 1 aromatic heterocycles. The largest absolute Gasteiger partial charge is 0.490 e. The molecule has 2 nitrogen and oxygen atoms in total.